The first kappa shape index (κ1) is 67.1. The van der Waals surface area contributed by atoms with E-state index in [1.54, 1.807) is 0 Å². The summed E-state index contributed by atoms with van der Waals surface area (Å²) >= 11 is 0. The highest BCUT2D eigenvalue weighted by molar-refractivity contribution is 5.70. The topological polar surface area (TPSA) is 61.8 Å². The number of carbonyl (C=O) groups excluding carboxylic acids is 2. The van der Waals surface area contributed by atoms with Crippen molar-refractivity contribution in [1.29, 1.82) is 0 Å². The van der Waals surface area contributed by atoms with E-state index in [2.05, 4.69) is 106 Å². The molecule has 0 saturated heterocycles. The molecule has 0 bridgehead atoms. The molecule has 0 aliphatic rings. The van der Waals surface area contributed by atoms with Crippen LogP contribution < -0.4 is 0 Å². The number of carbonyl (C=O) groups is 2. The van der Waals surface area contributed by atoms with Crippen LogP contribution >= 0.6 is 0 Å². The second-order valence-corrected chi connectivity index (χ2v) is 19.9. The van der Waals surface area contributed by atoms with Crippen molar-refractivity contribution in [3.63, 3.8) is 0 Å². The minimum absolute atomic E-state index is 0.0673. The standard InChI is InChI=1S/C65H114O5/c1-4-7-10-13-16-19-22-25-28-31-33-35-37-40-43-46-49-52-55-58-64(66)69-62-63(61-68-60-57-54-51-48-45-42-39-30-27-24-21-18-15-12-9-6-3)70-65(67)59-56-53-50-47-44-41-38-36-34-32-29-26-23-20-17-14-11-8-5-2/h9,12,16,18-19,21,25-30,42,45,63H,4-8,10-11,13-15,17,20,22-24,31-41,43-44,46-62H2,1-3H3/b12-9-,19-16-,21-18-,28-25-,29-26-,30-27-,45-42-. The number of hydrogen-bond acceptors (Lipinski definition) is 5. The minimum Gasteiger partial charge on any atom is -0.462 e. The van der Waals surface area contributed by atoms with Crippen LogP contribution in [0.2, 0.25) is 0 Å². The molecule has 5 nitrogen and oxygen atoms in total. The number of esters is 2. The van der Waals surface area contributed by atoms with E-state index in [1.807, 2.05) is 0 Å². The van der Waals surface area contributed by atoms with Crippen LogP contribution in [-0.4, -0.2) is 37.9 Å². The Bertz CT molecular complexity index is 1290. The van der Waals surface area contributed by atoms with Gasteiger partial charge in [0, 0.05) is 19.4 Å². The molecule has 404 valence electrons. The number of hydrogen-bond donors (Lipinski definition) is 0. The van der Waals surface area contributed by atoms with E-state index in [1.165, 1.54) is 161 Å². The largest absolute Gasteiger partial charge is 0.462 e. The SMILES string of the molecule is CC/C=C\C/C=C\C/C=C\C/C=C\CCCCCOCC(COC(=O)CCCCCCCCCCC/C=C\C/C=C\CCCCC)OC(=O)CCCCCCCCCCC/C=C\CCCCCCCC. The number of allylic oxidation sites excluding steroid dienone is 14. The van der Waals surface area contributed by atoms with Gasteiger partial charge in [-0.15, -0.1) is 0 Å². The molecule has 0 aliphatic carbocycles. The van der Waals surface area contributed by atoms with Crippen LogP contribution in [0.1, 0.15) is 290 Å². The summed E-state index contributed by atoms with van der Waals surface area (Å²) in [6.07, 6.45) is 80.4. The van der Waals surface area contributed by atoms with Crippen LogP contribution in [0.3, 0.4) is 0 Å². The van der Waals surface area contributed by atoms with Crippen LogP contribution in [-0.2, 0) is 23.8 Å². The molecule has 0 aromatic rings. The Morgan fingerprint density at radius 3 is 1.07 bits per heavy atom. The van der Waals surface area contributed by atoms with Gasteiger partial charge in [0.15, 0.2) is 6.10 Å². The summed E-state index contributed by atoms with van der Waals surface area (Å²) < 4.78 is 17.5. The Morgan fingerprint density at radius 1 is 0.329 bits per heavy atom. The first-order valence-electron chi connectivity index (χ1n) is 30.1. The summed E-state index contributed by atoms with van der Waals surface area (Å²) in [6.45, 7) is 7.64. The highest BCUT2D eigenvalue weighted by Gasteiger charge is 2.17. The summed E-state index contributed by atoms with van der Waals surface area (Å²) in [5.41, 5.74) is 0. The predicted molar refractivity (Wildman–Crippen MR) is 307 cm³/mol. The van der Waals surface area contributed by atoms with Gasteiger partial charge in [0.1, 0.15) is 6.61 Å². The zero-order valence-corrected chi connectivity index (χ0v) is 46.5. The third-order valence-corrected chi connectivity index (χ3v) is 12.9. The fraction of sp³-hybridized carbons (Fsp3) is 0.754. The lowest BCUT2D eigenvalue weighted by atomic mass is 10.1. The average Bonchev–Trinajstić information content (AvgIpc) is 3.36. The van der Waals surface area contributed by atoms with Gasteiger partial charge in [-0.25, -0.2) is 0 Å². The monoisotopic (exact) mass is 975 g/mol. The Labute approximate surface area is 435 Å². The number of ether oxygens (including phenoxy) is 3. The predicted octanol–water partition coefficient (Wildman–Crippen LogP) is 20.8. The van der Waals surface area contributed by atoms with E-state index in [4.69, 9.17) is 14.2 Å². The lowest BCUT2D eigenvalue weighted by Gasteiger charge is -2.18. The Balaban J connectivity index is 4.32. The lowest BCUT2D eigenvalue weighted by Crippen LogP contribution is -2.30. The van der Waals surface area contributed by atoms with Crippen LogP contribution in [0.25, 0.3) is 0 Å². The normalized spacial score (nSPS) is 12.8. The van der Waals surface area contributed by atoms with Crippen molar-refractivity contribution in [1.82, 2.24) is 0 Å². The van der Waals surface area contributed by atoms with E-state index >= 15 is 0 Å². The number of rotatable bonds is 55. The van der Waals surface area contributed by atoms with Gasteiger partial charge in [-0.3, -0.25) is 9.59 Å². The van der Waals surface area contributed by atoms with E-state index in [9.17, 15) is 9.59 Å². The van der Waals surface area contributed by atoms with E-state index in [0.717, 1.165) is 96.3 Å². The van der Waals surface area contributed by atoms with Crippen molar-refractivity contribution in [2.24, 2.45) is 0 Å². The summed E-state index contributed by atoms with van der Waals surface area (Å²) in [5.74, 6) is -0.415. The molecule has 1 atom stereocenters. The quantitative estimate of drug-likeness (QED) is 0.0345. The second-order valence-electron chi connectivity index (χ2n) is 19.9. The van der Waals surface area contributed by atoms with Crippen LogP contribution in [0.4, 0.5) is 0 Å². The van der Waals surface area contributed by atoms with Gasteiger partial charge in [0.05, 0.1) is 6.61 Å². The van der Waals surface area contributed by atoms with Crippen LogP contribution in [0, 0.1) is 0 Å². The summed E-state index contributed by atoms with van der Waals surface area (Å²) in [4.78, 5) is 25.6. The zero-order chi connectivity index (χ0) is 50.6. The first-order chi connectivity index (χ1) is 34.6. The van der Waals surface area contributed by atoms with Gasteiger partial charge < -0.3 is 14.2 Å². The van der Waals surface area contributed by atoms with Crippen molar-refractivity contribution in [3.05, 3.63) is 85.1 Å². The molecule has 0 spiro atoms. The molecule has 0 fully saturated rings. The van der Waals surface area contributed by atoms with E-state index in [-0.39, 0.29) is 25.2 Å². The maximum atomic E-state index is 12.9. The summed E-state index contributed by atoms with van der Waals surface area (Å²) in [6, 6.07) is 0. The fourth-order valence-electron chi connectivity index (χ4n) is 8.41. The molecule has 70 heavy (non-hydrogen) atoms. The van der Waals surface area contributed by atoms with Crippen LogP contribution in [0.15, 0.2) is 85.1 Å². The Hall–Kier alpha value is -2.92. The van der Waals surface area contributed by atoms with Crippen molar-refractivity contribution in [3.8, 4) is 0 Å². The molecule has 0 rings (SSSR count). The molecule has 0 N–H and O–H groups in total. The third kappa shape index (κ3) is 57.7. The molecule has 0 radical (unpaired) electrons. The van der Waals surface area contributed by atoms with Crippen molar-refractivity contribution < 1.29 is 23.8 Å². The number of unbranched alkanes of at least 4 members (excludes halogenated alkanes) is 30. The van der Waals surface area contributed by atoms with E-state index in [0.29, 0.717) is 19.4 Å². The Morgan fingerprint density at radius 2 is 0.643 bits per heavy atom. The summed E-state index contributed by atoms with van der Waals surface area (Å²) in [5, 5.41) is 0. The summed E-state index contributed by atoms with van der Waals surface area (Å²) in [7, 11) is 0. The first-order valence-corrected chi connectivity index (χ1v) is 30.1. The maximum absolute atomic E-state index is 12.9. The second kappa shape index (κ2) is 60.4. The van der Waals surface area contributed by atoms with Gasteiger partial charge in [0.2, 0.25) is 0 Å². The minimum atomic E-state index is -0.560. The van der Waals surface area contributed by atoms with Crippen molar-refractivity contribution in [2.75, 3.05) is 19.8 Å². The molecule has 0 saturated carbocycles. The molecular formula is C65H114O5. The zero-order valence-electron chi connectivity index (χ0n) is 46.5. The molecule has 0 aliphatic heterocycles. The highest BCUT2D eigenvalue weighted by atomic mass is 16.6. The maximum Gasteiger partial charge on any atom is 0.306 e. The molecule has 1 unspecified atom stereocenters. The molecule has 0 heterocycles. The van der Waals surface area contributed by atoms with Gasteiger partial charge in [-0.1, -0.05) is 247 Å². The van der Waals surface area contributed by atoms with Gasteiger partial charge >= 0.3 is 11.9 Å². The van der Waals surface area contributed by atoms with E-state index < -0.39 is 6.10 Å². The van der Waals surface area contributed by atoms with Crippen LogP contribution in [0.5, 0.6) is 0 Å². The Kier molecular flexibility index (Phi) is 57.9. The highest BCUT2D eigenvalue weighted by Crippen LogP contribution is 2.15. The molecule has 5 heteroatoms. The molecule has 0 amide bonds. The van der Waals surface area contributed by atoms with Gasteiger partial charge in [-0.05, 0) is 116 Å². The molecule has 0 aromatic carbocycles. The average molecular weight is 976 g/mol. The smallest absolute Gasteiger partial charge is 0.306 e. The fourth-order valence-corrected chi connectivity index (χ4v) is 8.41. The van der Waals surface area contributed by atoms with Gasteiger partial charge in [-0.2, -0.15) is 0 Å². The van der Waals surface area contributed by atoms with Crippen molar-refractivity contribution >= 4 is 11.9 Å². The molecule has 0 aromatic heterocycles. The molecular weight excluding hydrogens is 861 g/mol. The lowest BCUT2D eigenvalue weighted by molar-refractivity contribution is -0.163. The van der Waals surface area contributed by atoms with Crippen molar-refractivity contribution in [2.45, 2.75) is 297 Å². The van der Waals surface area contributed by atoms with Gasteiger partial charge in [0.25, 0.3) is 0 Å². The third-order valence-electron chi connectivity index (χ3n) is 12.9.